The third-order valence-corrected chi connectivity index (χ3v) is 4.49. The largest absolute Gasteiger partial charge is 0.418 e. The maximum atomic E-state index is 13.2. The first-order valence-electron chi connectivity index (χ1n) is 9.81. The molecule has 29 heavy (non-hydrogen) atoms. The normalized spacial score (nSPS) is 12.2. The molecule has 0 aliphatic rings. The lowest BCUT2D eigenvalue weighted by Crippen LogP contribution is -2.31. The topological polar surface area (TPSA) is 44.0 Å². The van der Waals surface area contributed by atoms with Gasteiger partial charge in [-0.05, 0) is 42.2 Å². The molecule has 0 saturated heterocycles. The molecule has 156 valence electrons. The summed E-state index contributed by atoms with van der Waals surface area (Å²) in [6.07, 6.45) is -4.43. The number of halogens is 3. The second kappa shape index (κ2) is 8.35. The van der Waals surface area contributed by atoms with Crippen LogP contribution in [0.2, 0.25) is 0 Å². The molecule has 0 fully saturated rings. The molecule has 1 aromatic heterocycles. The number of alkyl halides is 3. The van der Waals surface area contributed by atoms with Gasteiger partial charge >= 0.3 is 6.18 Å². The summed E-state index contributed by atoms with van der Waals surface area (Å²) in [5, 5.41) is 2.78. The minimum absolute atomic E-state index is 0.0273. The van der Waals surface area contributed by atoms with Crippen molar-refractivity contribution in [1.29, 1.82) is 0 Å². The minimum atomic E-state index is -4.43. The molecule has 3 aromatic rings. The fourth-order valence-electron chi connectivity index (χ4n) is 3.39. The Morgan fingerprint density at radius 1 is 1.00 bits per heavy atom. The number of rotatable bonds is 7. The first-order chi connectivity index (χ1) is 13.6. The molecule has 0 atom stereocenters. The number of para-hydroxylation sites is 1. The lowest BCUT2D eigenvalue weighted by Gasteiger charge is -2.28. The van der Waals surface area contributed by atoms with E-state index in [1.165, 1.54) is 12.1 Å². The van der Waals surface area contributed by atoms with Gasteiger partial charge in [-0.2, -0.15) is 13.2 Å². The summed E-state index contributed by atoms with van der Waals surface area (Å²) in [6.45, 7) is 10.6. The number of imidazole rings is 1. The third-order valence-electron chi connectivity index (χ3n) is 4.49. The van der Waals surface area contributed by atoms with Crippen molar-refractivity contribution in [3.8, 4) is 0 Å². The average molecular weight is 404 g/mol. The Balaban J connectivity index is 1.90. The zero-order valence-corrected chi connectivity index (χ0v) is 17.1. The molecule has 0 radical (unpaired) electrons. The summed E-state index contributed by atoms with van der Waals surface area (Å²) < 4.78 is 39.7. The number of anilines is 3. The van der Waals surface area contributed by atoms with E-state index in [9.17, 15) is 13.2 Å². The summed E-state index contributed by atoms with van der Waals surface area (Å²) in [4.78, 5) is 9.84. The molecule has 0 aliphatic heterocycles. The van der Waals surface area contributed by atoms with Crippen LogP contribution in [0.3, 0.4) is 0 Å². The number of benzene rings is 2. The molecule has 0 aliphatic carbocycles. The minimum Gasteiger partial charge on any atom is -0.371 e. The lowest BCUT2D eigenvalue weighted by molar-refractivity contribution is -0.136. The summed E-state index contributed by atoms with van der Waals surface area (Å²) >= 11 is 0. The molecule has 0 unspecified atom stereocenters. The fraction of sp³-hybridized carbons (Fsp3) is 0.409. The molecule has 1 heterocycles. The van der Waals surface area contributed by atoms with Crippen molar-refractivity contribution in [2.45, 2.75) is 33.9 Å². The molecule has 0 bridgehead atoms. The van der Waals surface area contributed by atoms with Crippen molar-refractivity contribution in [2.75, 3.05) is 23.3 Å². The van der Waals surface area contributed by atoms with Gasteiger partial charge in [0.1, 0.15) is 0 Å². The van der Waals surface area contributed by atoms with Gasteiger partial charge in [0, 0.05) is 18.8 Å². The molecular formula is C22H27F3N4. The van der Waals surface area contributed by atoms with Crippen LogP contribution in [0.15, 0.2) is 42.5 Å². The van der Waals surface area contributed by atoms with E-state index in [1.807, 2.05) is 18.2 Å². The highest BCUT2D eigenvalue weighted by molar-refractivity contribution is 5.82. The Labute approximate surface area is 169 Å². The molecule has 7 heteroatoms. The number of nitrogens with one attached hydrogen (secondary N) is 2. The average Bonchev–Trinajstić information content (AvgIpc) is 3.01. The van der Waals surface area contributed by atoms with Crippen molar-refractivity contribution < 1.29 is 13.2 Å². The predicted octanol–water partition coefficient (Wildman–Crippen LogP) is 6.44. The summed E-state index contributed by atoms with van der Waals surface area (Å²) in [5.74, 6) is 1.32. The quantitative estimate of drug-likeness (QED) is 0.476. The van der Waals surface area contributed by atoms with Gasteiger partial charge in [-0.25, -0.2) is 4.98 Å². The molecular weight excluding hydrogens is 377 g/mol. The SMILES string of the molecule is CC(C)CN(CC(C)C)c1ccc2nc(Nc3ccccc3C(F)(F)F)[nH]c2c1. The van der Waals surface area contributed by atoms with Crippen molar-refractivity contribution in [2.24, 2.45) is 11.8 Å². The van der Waals surface area contributed by atoms with E-state index < -0.39 is 11.7 Å². The molecule has 4 nitrogen and oxygen atoms in total. The first-order valence-corrected chi connectivity index (χ1v) is 9.81. The van der Waals surface area contributed by atoms with Crippen LogP contribution in [0.4, 0.5) is 30.5 Å². The van der Waals surface area contributed by atoms with Gasteiger partial charge in [0.05, 0.1) is 22.3 Å². The molecule has 3 rings (SSSR count). The van der Waals surface area contributed by atoms with Crippen LogP contribution in [0.5, 0.6) is 0 Å². The number of H-pyrrole nitrogens is 1. The van der Waals surface area contributed by atoms with Gasteiger partial charge in [-0.1, -0.05) is 39.8 Å². The third kappa shape index (κ3) is 5.22. The zero-order chi connectivity index (χ0) is 21.2. The Morgan fingerprint density at radius 2 is 1.66 bits per heavy atom. The van der Waals surface area contributed by atoms with E-state index >= 15 is 0 Å². The monoisotopic (exact) mass is 404 g/mol. The Hall–Kier alpha value is -2.70. The summed E-state index contributed by atoms with van der Waals surface area (Å²) in [6, 6.07) is 11.3. The second-order valence-corrected chi connectivity index (χ2v) is 8.15. The Kier molecular flexibility index (Phi) is 6.05. The van der Waals surface area contributed by atoms with Gasteiger partial charge in [-0.3, -0.25) is 0 Å². The number of aromatic amines is 1. The maximum absolute atomic E-state index is 13.2. The highest BCUT2D eigenvalue weighted by Crippen LogP contribution is 2.35. The van der Waals surface area contributed by atoms with Crippen LogP contribution in [-0.2, 0) is 6.18 Å². The van der Waals surface area contributed by atoms with E-state index in [2.05, 4.69) is 47.9 Å². The fourth-order valence-corrected chi connectivity index (χ4v) is 3.39. The zero-order valence-electron chi connectivity index (χ0n) is 17.1. The van der Waals surface area contributed by atoms with Crippen LogP contribution in [0.1, 0.15) is 33.3 Å². The van der Waals surface area contributed by atoms with E-state index in [0.717, 1.165) is 30.4 Å². The van der Waals surface area contributed by atoms with Crippen LogP contribution in [-0.4, -0.2) is 23.1 Å². The first kappa shape index (κ1) is 21.0. The van der Waals surface area contributed by atoms with Crippen molar-refractivity contribution in [3.05, 3.63) is 48.0 Å². The highest BCUT2D eigenvalue weighted by Gasteiger charge is 2.33. The molecule has 0 saturated carbocycles. The van der Waals surface area contributed by atoms with Crippen LogP contribution in [0, 0.1) is 11.8 Å². The second-order valence-electron chi connectivity index (χ2n) is 8.15. The maximum Gasteiger partial charge on any atom is 0.418 e. The van der Waals surface area contributed by atoms with Crippen molar-refractivity contribution in [1.82, 2.24) is 9.97 Å². The molecule has 2 aromatic carbocycles. The lowest BCUT2D eigenvalue weighted by atomic mass is 10.1. The molecule has 2 N–H and O–H groups in total. The van der Waals surface area contributed by atoms with Gasteiger partial charge in [0.2, 0.25) is 5.95 Å². The van der Waals surface area contributed by atoms with Crippen molar-refractivity contribution in [3.63, 3.8) is 0 Å². The van der Waals surface area contributed by atoms with Crippen LogP contribution >= 0.6 is 0 Å². The van der Waals surface area contributed by atoms with Gasteiger partial charge in [-0.15, -0.1) is 0 Å². The van der Waals surface area contributed by atoms with E-state index in [1.54, 1.807) is 6.07 Å². The van der Waals surface area contributed by atoms with Gasteiger partial charge < -0.3 is 15.2 Å². The highest BCUT2D eigenvalue weighted by atomic mass is 19.4. The predicted molar refractivity (Wildman–Crippen MR) is 113 cm³/mol. The number of fused-ring (bicyclic) bond motifs is 1. The number of hydrogen-bond donors (Lipinski definition) is 2. The van der Waals surface area contributed by atoms with E-state index in [0.29, 0.717) is 17.4 Å². The Bertz CT molecular complexity index is 950. The number of nitrogens with zero attached hydrogens (tertiary/aromatic N) is 2. The van der Waals surface area contributed by atoms with E-state index in [4.69, 9.17) is 0 Å². The van der Waals surface area contributed by atoms with Gasteiger partial charge in [0.15, 0.2) is 0 Å². The summed E-state index contributed by atoms with van der Waals surface area (Å²) in [7, 11) is 0. The van der Waals surface area contributed by atoms with Crippen LogP contribution < -0.4 is 10.2 Å². The van der Waals surface area contributed by atoms with Crippen molar-refractivity contribution >= 4 is 28.4 Å². The van der Waals surface area contributed by atoms with Crippen LogP contribution in [0.25, 0.3) is 11.0 Å². The van der Waals surface area contributed by atoms with Gasteiger partial charge in [0.25, 0.3) is 0 Å². The smallest absolute Gasteiger partial charge is 0.371 e. The standard InChI is InChI=1S/C22H27F3N4/c1-14(2)12-29(13-15(3)4)16-9-10-19-20(11-16)28-21(27-19)26-18-8-6-5-7-17(18)22(23,24)25/h5-11,14-15H,12-13H2,1-4H3,(H2,26,27,28). The molecule has 0 amide bonds. The van der Waals surface area contributed by atoms with E-state index in [-0.39, 0.29) is 11.6 Å². The Morgan fingerprint density at radius 3 is 2.28 bits per heavy atom. The number of hydrogen-bond acceptors (Lipinski definition) is 3. The summed E-state index contributed by atoms with van der Waals surface area (Å²) in [5.41, 5.74) is 1.81. The number of aromatic nitrogens is 2. The molecule has 0 spiro atoms.